The van der Waals surface area contributed by atoms with Crippen molar-refractivity contribution < 1.29 is 14.1 Å². The second kappa shape index (κ2) is 8.60. The number of aromatic nitrogens is 2. The highest BCUT2D eigenvalue weighted by Gasteiger charge is 2.19. The van der Waals surface area contributed by atoms with Crippen molar-refractivity contribution >= 4 is 11.8 Å². The van der Waals surface area contributed by atoms with E-state index >= 15 is 0 Å². The van der Waals surface area contributed by atoms with Gasteiger partial charge < -0.3 is 14.7 Å². The van der Waals surface area contributed by atoms with Crippen LogP contribution < -0.4 is 5.32 Å². The van der Waals surface area contributed by atoms with Crippen molar-refractivity contribution in [3.8, 4) is 11.4 Å². The summed E-state index contributed by atoms with van der Waals surface area (Å²) in [4.78, 5) is 30.0. The lowest BCUT2D eigenvalue weighted by atomic mass is 10.1. The average Bonchev–Trinajstić information content (AvgIpc) is 3.00. The van der Waals surface area contributed by atoms with Gasteiger partial charge in [-0.2, -0.15) is 4.98 Å². The highest BCUT2D eigenvalue weighted by molar-refractivity contribution is 5.84. The van der Waals surface area contributed by atoms with Gasteiger partial charge in [0, 0.05) is 31.5 Å². The van der Waals surface area contributed by atoms with Crippen LogP contribution in [0.1, 0.15) is 37.1 Å². The number of likely N-dealkylation sites (tertiary alicyclic amines) is 1. The Morgan fingerprint density at radius 3 is 2.85 bits per heavy atom. The first kappa shape index (κ1) is 18.1. The maximum atomic E-state index is 12.0. The van der Waals surface area contributed by atoms with Crippen LogP contribution in [0.15, 0.2) is 28.8 Å². The molecule has 0 bridgehead atoms. The van der Waals surface area contributed by atoms with E-state index in [1.807, 2.05) is 31.2 Å². The Balaban J connectivity index is 1.45. The zero-order valence-corrected chi connectivity index (χ0v) is 15.0. The number of hydrogen-bond acceptors (Lipinski definition) is 5. The number of hydrogen-bond donors (Lipinski definition) is 1. The summed E-state index contributed by atoms with van der Waals surface area (Å²) in [5, 5.41) is 6.79. The van der Waals surface area contributed by atoms with E-state index in [1.54, 1.807) is 4.90 Å². The molecule has 0 atom stereocenters. The molecule has 1 saturated heterocycles. The van der Waals surface area contributed by atoms with Crippen molar-refractivity contribution in [1.82, 2.24) is 20.4 Å². The summed E-state index contributed by atoms with van der Waals surface area (Å²) >= 11 is 0. The van der Waals surface area contributed by atoms with Crippen LogP contribution in [0.25, 0.3) is 11.4 Å². The molecule has 2 amide bonds. The molecule has 1 fully saturated rings. The molecule has 0 unspecified atom stereocenters. The Bertz CT molecular complexity index is 754. The fourth-order valence-corrected chi connectivity index (χ4v) is 2.92. The molecule has 0 aliphatic carbocycles. The fraction of sp³-hybridized carbons (Fsp3) is 0.474. The van der Waals surface area contributed by atoms with Crippen molar-refractivity contribution in [1.29, 1.82) is 0 Å². The quantitative estimate of drug-likeness (QED) is 0.856. The minimum absolute atomic E-state index is 0.0669. The molecule has 2 aromatic rings. The first-order chi connectivity index (χ1) is 12.6. The zero-order valence-electron chi connectivity index (χ0n) is 15.0. The van der Waals surface area contributed by atoms with Crippen LogP contribution in [0.5, 0.6) is 0 Å². The Morgan fingerprint density at radius 1 is 1.23 bits per heavy atom. The van der Waals surface area contributed by atoms with Crippen molar-refractivity contribution in [3.63, 3.8) is 0 Å². The number of carbonyl (C=O) groups excluding carboxylic acids is 2. The molecule has 0 spiro atoms. The summed E-state index contributed by atoms with van der Waals surface area (Å²) in [5.74, 6) is 0.934. The van der Waals surface area contributed by atoms with Gasteiger partial charge in [-0.1, -0.05) is 41.4 Å². The van der Waals surface area contributed by atoms with E-state index in [4.69, 9.17) is 4.52 Å². The number of rotatable bonds is 6. The van der Waals surface area contributed by atoms with E-state index in [0.29, 0.717) is 37.6 Å². The van der Waals surface area contributed by atoms with E-state index in [2.05, 4.69) is 15.5 Å². The van der Waals surface area contributed by atoms with E-state index in [-0.39, 0.29) is 18.4 Å². The SMILES string of the molecule is Cc1ccc(-c2noc(CCNC(=O)CN3CCCCCC3=O)n2)cc1. The minimum atomic E-state index is -0.154. The van der Waals surface area contributed by atoms with Gasteiger partial charge in [0.05, 0.1) is 6.54 Å². The zero-order chi connectivity index (χ0) is 18.4. The lowest BCUT2D eigenvalue weighted by Gasteiger charge is -2.19. The molecule has 7 heteroatoms. The Morgan fingerprint density at radius 2 is 2.04 bits per heavy atom. The highest BCUT2D eigenvalue weighted by atomic mass is 16.5. The molecule has 1 N–H and O–H groups in total. The Labute approximate surface area is 152 Å². The van der Waals surface area contributed by atoms with Crippen LogP contribution in [0.4, 0.5) is 0 Å². The van der Waals surface area contributed by atoms with Crippen molar-refractivity contribution in [2.75, 3.05) is 19.6 Å². The lowest BCUT2D eigenvalue weighted by molar-refractivity contribution is -0.135. The molecule has 0 saturated carbocycles. The molecule has 1 aromatic carbocycles. The molecular weight excluding hydrogens is 332 g/mol. The minimum Gasteiger partial charge on any atom is -0.354 e. The van der Waals surface area contributed by atoms with Crippen molar-refractivity contribution in [2.24, 2.45) is 0 Å². The van der Waals surface area contributed by atoms with Gasteiger partial charge in [0.15, 0.2) is 0 Å². The molecule has 1 aliphatic rings. The average molecular weight is 356 g/mol. The number of nitrogens with zero attached hydrogens (tertiary/aromatic N) is 3. The second-order valence-corrected chi connectivity index (χ2v) is 6.60. The normalized spacial score (nSPS) is 15.0. The maximum Gasteiger partial charge on any atom is 0.239 e. The van der Waals surface area contributed by atoms with Crippen LogP contribution in [-0.2, 0) is 16.0 Å². The predicted molar refractivity (Wildman–Crippen MR) is 96.2 cm³/mol. The monoisotopic (exact) mass is 356 g/mol. The van der Waals surface area contributed by atoms with E-state index in [1.165, 1.54) is 5.56 Å². The van der Waals surface area contributed by atoms with Crippen LogP contribution >= 0.6 is 0 Å². The van der Waals surface area contributed by atoms with E-state index in [0.717, 1.165) is 24.8 Å². The third-order valence-corrected chi connectivity index (χ3v) is 4.44. The molecule has 0 radical (unpaired) electrons. The van der Waals surface area contributed by atoms with Gasteiger partial charge >= 0.3 is 0 Å². The highest BCUT2D eigenvalue weighted by Crippen LogP contribution is 2.16. The van der Waals surface area contributed by atoms with Crippen LogP contribution in [0, 0.1) is 6.92 Å². The number of amides is 2. The Hall–Kier alpha value is -2.70. The predicted octanol–water partition coefficient (Wildman–Crippen LogP) is 2.11. The molecule has 26 heavy (non-hydrogen) atoms. The number of carbonyl (C=O) groups is 2. The first-order valence-electron chi connectivity index (χ1n) is 9.06. The van der Waals surface area contributed by atoms with Gasteiger partial charge in [-0.05, 0) is 19.8 Å². The van der Waals surface area contributed by atoms with E-state index < -0.39 is 0 Å². The van der Waals surface area contributed by atoms with Gasteiger partial charge in [0.25, 0.3) is 0 Å². The van der Waals surface area contributed by atoms with E-state index in [9.17, 15) is 9.59 Å². The smallest absolute Gasteiger partial charge is 0.239 e. The largest absolute Gasteiger partial charge is 0.354 e. The molecule has 2 heterocycles. The third-order valence-electron chi connectivity index (χ3n) is 4.44. The summed E-state index contributed by atoms with van der Waals surface area (Å²) in [5.41, 5.74) is 2.07. The van der Waals surface area contributed by atoms with Crippen molar-refractivity contribution in [2.45, 2.75) is 39.0 Å². The molecule has 138 valence electrons. The summed E-state index contributed by atoms with van der Waals surface area (Å²) in [6.07, 6.45) is 3.92. The maximum absolute atomic E-state index is 12.0. The number of nitrogens with one attached hydrogen (secondary N) is 1. The summed E-state index contributed by atoms with van der Waals surface area (Å²) < 4.78 is 5.24. The molecule has 7 nitrogen and oxygen atoms in total. The third kappa shape index (κ3) is 4.91. The van der Waals surface area contributed by atoms with Gasteiger partial charge in [-0.15, -0.1) is 0 Å². The van der Waals surface area contributed by atoms with Gasteiger partial charge in [-0.3, -0.25) is 9.59 Å². The number of benzene rings is 1. The summed E-state index contributed by atoms with van der Waals surface area (Å²) in [6, 6.07) is 7.89. The fourth-order valence-electron chi connectivity index (χ4n) is 2.92. The van der Waals surface area contributed by atoms with Crippen LogP contribution in [-0.4, -0.2) is 46.5 Å². The first-order valence-corrected chi connectivity index (χ1v) is 9.06. The van der Waals surface area contributed by atoms with Crippen LogP contribution in [0.3, 0.4) is 0 Å². The standard InChI is InChI=1S/C19H24N4O3/c1-14-6-8-15(9-7-14)19-21-17(26-22-19)10-11-20-16(24)13-23-12-4-2-3-5-18(23)25/h6-9H,2-5,10-13H2,1H3,(H,20,24). The summed E-state index contributed by atoms with van der Waals surface area (Å²) in [6.45, 7) is 3.21. The molecule has 3 rings (SSSR count). The second-order valence-electron chi connectivity index (χ2n) is 6.60. The van der Waals surface area contributed by atoms with Gasteiger partial charge in [-0.25, -0.2) is 0 Å². The Kier molecular flexibility index (Phi) is 5.99. The van der Waals surface area contributed by atoms with Gasteiger partial charge in [0.1, 0.15) is 0 Å². The molecule has 1 aromatic heterocycles. The molecular formula is C19H24N4O3. The lowest BCUT2D eigenvalue weighted by Crippen LogP contribution is -2.41. The van der Waals surface area contributed by atoms with Crippen LogP contribution in [0.2, 0.25) is 0 Å². The number of aryl methyl sites for hydroxylation is 1. The molecule has 1 aliphatic heterocycles. The summed E-state index contributed by atoms with van der Waals surface area (Å²) in [7, 11) is 0. The topological polar surface area (TPSA) is 88.3 Å². The van der Waals surface area contributed by atoms with Crippen molar-refractivity contribution in [3.05, 3.63) is 35.7 Å². The van der Waals surface area contributed by atoms with Gasteiger partial charge in [0.2, 0.25) is 23.5 Å².